The van der Waals surface area contributed by atoms with Crippen LogP contribution in [0.2, 0.25) is 0 Å². The number of rotatable bonds is 6. The zero-order valence-corrected chi connectivity index (χ0v) is 14.6. The minimum Gasteiger partial charge on any atom is -0.396 e. The molecule has 0 unspecified atom stereocenters. The number of aliphatic hydroxyl groups excluding tert-OH is 1. The lowest BCUT2D eigenvalue weighted by atomic mass is 9.77. The molecule has 4 nitrogen and oxygen atoms in total. The Morgan fingerprint density at radius 1 is 1.30 bits per heavy atom. The SMILES string of the molecule is CCC1(CO)CCN(CC(=O)Nc2ccccc2C(C)C)CC1. The summed E-state index contributed by atoms with van der Waals surface area (Å²) in [7, 11) is 0. The highest BCUT2D eigenvalue weighted by atomic mass is 16.3. The van der Waals surface area contributed by atoms with Gasteiger partial charge in [0.1, 0.15) is 0 Å². The molecule has 1 aliphatic rings. The molecule has 1 amide bonds. The van der Waals surface area contributed by atoms with Crippen LogP contribution >= 0.6 is 0 Å². The molecule has 128 valence electrons. The fourth-order valence-corrected chi connectivity index (χ4v) is 3.32. The van der Waals surface area contributed by atoms with Crippen LogP contribution in [-0.4, -0.2) is 42.2 Å². The minimum absolute atomic E-state index is 0.0473. The Balaban J connectivity index is 1.89. The molecule has 1 aliphatic heterocycles. The molecule has 0 aliphatic carbocycles. The standard InChI is InChI=1S/C19H30N2O2/c1-4-19(14-22)9-11-21(12-10-19)13-18(23)20-17-8-6-5-7-16(17)15(2)3/h5-8,15,22H,4,9-14H2,1-3H3,(H,20,23). The third-order valence-electron chi connectivity index (χ3n) is 5.23. The van der Waals surface area contributed by atoms with Crippen LogP contribution in [0.1, 0.15) is 51.5 Å². The first kappa shape index (κ1) is 18.0. The number of aliphatic hydroxyl groups is 1. The maximum absolute atomic E-state index is 12.4. The van der Waals surface area contributed by atoms with Crippen molar-refractivity contribution in [3.05, 3.63) is 29.8 Å². The fourth-order valence-electron chi connectivity index (χ4n) is 3.32. The predicted molar refractivity (Wildman–Crippen MR) is 94.6 cm³/mol. The Kier molecular flexibility index (Phi) is 6.19. The van der Waals surface area contributed by atoms with E-state index in [2.05, 4.69) is 37.1 Å². The number of para-hydroxylation sites is 1. The number of likely N-dealkylation sites (tertiary alicyclic amines) is 1. The highest BCUT2D eigenvalue weighted by Gasteiger charge is 2.32. The highest BCUT2D eigenvalue weighted by Crippen LogP contribution is 2.34. The zero-order valence-electron chi connectivity index (χ0n) is 14.6. The summed E-state index contributed by atoms with van der Waals surface area (Å²) in [5.41, 5.74) is 2.16. The van der Waals surface area contributed by atoms with Crippen molar-refractivity contribution in [3.8, 4) is 0 Å². The topological polar surface area (TPSA) is 52.6 Å². The Morgan fingerprint density at radius 3 is 2.52 bits per heavy atom. The van der Waals surface area contributed by atoms with Crippen molar-refractivity contribution in [2.75, 3.05) is 31.6 Å². The van der Waals surface area contributed by atoms with Gasteiger partial charge in [-0.15, -0.1) is 0 Å². The number of carbonyl (C=O) groups is 1. The van der Waals surface area contributed by atoms with Crippen LogP contribution in [0, 0.1) is 5.41 Å². The summed E-state index contributed by atoms with van der Waals surface area (Å²) < 4.78 is 0. The van der Waals surface area contributed by atoms with Gasteiger partial charge in [-0.1, -0.05) is 39.0 Å². The molecule has 4 heteroatoms. The van der Waals surface area contributed by atoms with Crippen LogP contribution in [0.3, 0.4) is 0 Å². The Labute approximate surface area is 139 Å². The molecule has 23 heavy (non-hydrogen) atoms. The maximum atomic E-state index is 12.4. The van der Waals surface area contributed by atoms with E-state index in [9.17, 15) is 9.90 Å². The van der Waals surface area contributed by atoms with Crippen molar-refractivity contribution in [3.63, 3.8) is 0 Å². The first-order valence-electron chi connectivity index (χ1n) is 8.71. The quantitative estimate of drug-likeness (QED) is 0.846. The number of benzene rings is 1. The van der Waals surface area contributed by atoms with E-state index in [1.165, 1.54) is 5.56 Å². The van der Waals surface area contributed by atoms with Gasteiger partial charge < -0.3 is 10.4 Å². The van der Waals surface area contributed by atoms with Crippen LogP contribution in [0.25, 0.3) is 0 Å². The molecule has 0 bridgehead atoms. The predicted octanol–water partition coefficient (Wildman–Crippen LogP) is 3.23. The summed E-state index contributed by atoms with van der Waals surface area (Å²) >= 11 is 0. The van der Waals surface area contributed by atoms with Gasteiger partial charge in [0.05, 0.1) is 6.54 Å². The molecule has 1 aromatic carbocycles. The number of piperidine rings is 1. The number of hydrogen-bond acceptors (Lipinski definition) is 3. The molecule has 1 fully saturated rings. The molecule has 2 N–H and O–H groups in total. The summed E-state index contributed by atoms with van der Waals surface area (Å²) in [5.74, 6) is 0.433. The third kappa shape index (κ3) is 4.55. The van der Waals surface area contributed by atoms with Gasteiger partial charge in [-0.25, -0.2) is 0 Å². The summed E-state index contributed by atoms with van der Waals surface area (Å²) in [6.07, 6.45) is 2.94. The van der Waals surface area contributed by atoms with Gasteiger partial charge >= 0.3 is 0 Å². The van der Waals surface area contributed by atoms with E-state index in [0.717, 1.165) is 38.0 Å². The van der Waals surface area contributed by atoms with E-state index in [0.29, 0.717) is 12.5 Å². The van der Waals surface area contributed by atoms with Gasteiger partial charge in [0, 0.05) is 12.3 Å². The van der Waals surface area contributed by atoms with Gasteiger partial charge in [-0.3, -0.25) is 9.69 Å². The first-order chi connectivity index (χ1) is 11.0. The van der Waals surface area contributed by atoms with Gasteiger partial charge in [-0.05, 0) is 55.3 Å². The normalized spacial score (nSPS) is 18.1. The van der Waals surface area contributed by atoms with Crippen LogP contribution in [0.15, 0.2) is 24.3 Å². The van der Waals surface area contributed by atoms with Crippen molar-refractivity contribution in [2.45, 2.75) is 46.0 Å². The van der Waals surface area contributed by atoms with Gasteiger partial charge in [-0.2, -0.15) is 0 Å². The summed E-state index contributed by atoms with van der Waals surface area (Å²) in [4.78, 5) is 14.5. The van der Waals surface area contributed by atoms with E-state index in [1.807, 2.05) is 18.2 Å². The van der Waals surface area contributed by atoms with Gasteiger partial charge in [0.2, 0.25) is 5.91 Å². The number of nitrogens with one attached hydrogen (secondary N) is 1. The van der Waals surface area contributed by atoms with Crippen molar-refractivity contribution < 1.29 is 9.90 Å². The maximum Gasteiger partial charge on any atom is 0.238 e. The van der Waals surface area contributed by atoms with E-state index >= 15 is 0 Å². The fraction of sp³-hybridized carbons (Fsp3) is 0.632. The van der Waals surface area contributed by atoms with E-state index < -0.39 is 0 Å². The van der Waals surface area contributed by atoms with Crippen molar-refractivity contribution in [2.24, 2.45) is 5.41 Å². The smallest absolute Gasteiger partial charge is 0.238 e. The molecular formula is C19H30N2O2. The molecule has 1 aromatic rings. The molecular weight excluding hydrogens is 288 g/mol. The Hall–Kier alpha value is -1.39. The summed E-state index contributed by atoms with van der Waals surface area (Å²) in [6.45, 7) is 8.86. The number of anilines is 1. The molecule has 0 saturated carbocycles. The van der Waals surface area contributed by atoms with Gasteiger partial charge in [0.25, 0.3) is 0 Å². The molecule has 1 heterocycles. The zero-order chi connectivity index (χ0) is 16.9. The second-order valence-electron chi connectivity index (χ2n) is 7.08. The van der Waals surface area contributed by atoms with E-state index in [-0.39, 0.29) is 17.9 Å². The van der Waals surface area contributed by atoms with Crippen LogP contribution in [0.4, 0.5) is 5.69 Å². The number of carbonyl (C=O) groups excluding carboxylic acids is 1. The molecule has 0 atom stereocenters. The average Bonchev–Trinajstić information content (AvgIpc) is 2.56. The van der Waals surface area contributed by atoms with Crippen LogP contribution in [-0.2, 0) is 4.79 Å². The second-order valence-corrected chi connectivity index (χ2v) is 7.08. The molecule has 0 aromatic heterocycles. The lowest BCUT2D eigenvalue weighted by Crippen LogP contribution is -2.44. The van der Waals surface area contributed by atoms with Crippen molar-refractivity contribution in [1.82, 2.24) is 4.90 Å². The van der Waals surface area contributed by atoms with Crippen LogP contribution < -0.4 is 5.32 Å². The summed E-state index contributed by atoms with van der Waals surface area (Å²) in [5, 5.41) is 12.6. The Bertz CT molecular complexity index is 514. The number of amides is 1. The third-order valence-corrected chi connectivity index (χ3v) is 5.23. The molecule has 1 saturated heterocycles. The first-order valence-corrected chi connectivity index (χ1v) is 8.71. The molecule has 2 rings (SSSR count). The van der Waals surface area contributed by atoms with Crippen molar-refractivity contribution in [1.29, 1.82) is 0 Å². The number of nitrogens with zero attached hydrogens (tertiary/aromatic N) is 1. The second kappa shape index (κ2) is 7.93. The minimum atomic E-state index is 0.0473. The van der Waals surface area contributed by atoms with E-state index in [1.54, 1.807) is 0 Å². The van der Waals surface area contributed by atoms with Crippen LogP contribution in [0.5, 0.6) is 0 Å². The lowest BCUT2D eigenvalue weighted by Gasteiger charge is -2.39. The number of hydrogen-bond donors (Lipinski definition) is 2. The molecule has 0 radical (unpaired) electrons. The molecule has 0 spiro atoms. The van der Waals surface area contributed by atoms with E-state index in [4.69, 9.17) is 0 Å². The summed E-state index contributed by atoms with van der Waals surface area (Å²) in [6, 6.07) is 8.00. The monoisotopic (exact) mass is 318 g/mol. The highest BCUT2D eigenvalue weighted by molar-refractivity contribution is 5.93. The average molecular weight is 318 g/mol. The van der Waals surface area contributed by atoms with Gasteiger partial charge in [0.15, 0.2) is 0 Å². The Morgan fingerprint density at radius 2 is 1.96 bits per heavy atom. The van der Waals surface area contributed by atoms with Crippen molar-refractivity contribution >= 4 is 11.6 Å². The lowest BCUT2D eigenvalue weighted by molar-refractivity contribution is -0.118. The largest absolute Gasteiger partial charge is 0.396 e.